The van der Waals surface area contributed by atoms with Crippen molar-refractivity contribution in [3.05, 3.63) is 30.0 Å². The lowest BCUT2D eigenvalue weighted by Gasteiger charge is -2.05. The van der Waals surface area contributed by atoms with E-state index in [9.17, 15) is 0 Å². The van der Waals surface area contributed by atoms with E-state index in [0.29, 0.717) is 0 Å². The second kappa shape index (κ2) is 2.61. The van der Waals surface area contributed by atoms with Crippen LogP contribution < -0.4 is 10.5 Å². The van der Waals surface area contributed by atoms with Crippen molar-refractivity contribution in [2.75, 3.05) is 12.3 Å². The van der Waals surface area contributed by atoms with Gasteiger partial charge in [-0.25, -0.2) is 0 Å². The van der Waals surface area contributed by atoms with Gasteiger partial charge in [-0.1, -0.05) is 0 Å². The fourth-order valence-electron chi connectivity index (χ4n) is 1.97. The van der Waals surface area contributed by atoms with E-state index in [0.717, 1.165) is 35.4 Å². The van der Waals surface area contributed by atoms with Crippen LogP contribution in [0.1, 0.15) is 5.56 Å². The largest absolute Gasteiger partial charge is 0.493 e. The van der Waals surface area contributed by atoms with Gasteiger partial charge in [0.1, 0.15) is 5.75 Å². The van der Waals surface area contributed by atoms with E-state index in [1.54, 1.807) is 6.20 Å². The highest BCUT2D eigenvalue weighted by atomic mass is 16.5. The quantitative estimate of drug-likeness (QED) is 0.681. The third-order valence-electron chi connectivity index (χ3n) is 2.61. The van der Waals surface area contributed by atoms with Crippen molar-refractivity contribution < 1.29 is 4.74 Å². The predicted molar refractivity (Wildman–Crippen MR) is 55.4 cm³/mol. The first-order valence-electron chi connectivity index (χ1n) is 4.65. The molecule has 70 valence electrons. The predicted octanol–water partition coefficient (Wildman–Crippen LogP) is 1.75. The monoisotopic (exact) mass is 186 g/mol. The molecule has 0 unspecified atom stereocenters. The lowest BCUT2D eigenvalue weighted by atomic mass is 10.0. The zero-order chi connectivity index (χ0) is 9.54. The maximum absolute atomic E-state index is 5.93. The Balaban J connectivity index is 2.47. The number of fused-ring (bicyclic) bond motifs is 3. The van der Waals surface area contributed by atoms with Crippen molar-refractivity contribution in [3.63, 3.8) is 0 Å². The van der Waals surface area contributed by atoms with Crippen molar-refractivity contribution in [2.45, 2.75) is 6.42 Å². The molecule has 3 heteroatoms. The first-order valence-corrected chi connectivity index (χ1v) is 4.65. The summed E-state index contributed by atoms with van der Waals surface area (Å²) in [6.45, 7) is 0.753. The summed E-state index contributed by atoms with van der Waals surface area (Å²) in [5, 5.41) is 1.06. The Kier molecular flexibility index (Phi) is 1.42. The Morgan fingerprint density at radius 2 is 2.21 bits per heavy atom. The summed E-state index contributed by atoms with van der Waals surface area (Å²) < 4.78 is 5.48. The first-order chi connectivity index (χ1) is 6.86. The molecule has 0 atom stereocenters. The number of nitrogens with two attached hydrogens (primary N) is 1. The number of benzene rings is 1. The summed E-state index contributed by atoms with van der Waals surface area (Å²) in [5.74, 6) is 0.956. The Hall–Kier alpha value is -1.77. The highest BCUT2D eigenvalue weighted by molar-refractivity contribution is 5.94. The van der Waals surface area contributed by atoms with Crippen LogP contribution in [0.25, 0.3) is 10.9 Å². The SMILES string of the molecule is Nc1ccnc2ccc3c(c12)CCO3. The minimum atomic E-state index is 0.753. The van der Waals surface area contributed by atoms with Crippen molar-refractivity contribution >= 4 is 16.6 Å². The fourth-order valence-corrected chi connectivity index (χ4v) is 1.97. The van der Waals surface area contributed by atoms with Crippen LogP contribution in [0.5, 0.6) is 5.75 Å². The molecule has 0 saturated heterocycles. The smallest absolute Gasteiger partial charge is 0.123 e. The van der Waals surface area contributed by atoms with E-state index < -0.39 is 0 Å². The van der Waals surface area contributed by atoms with E-state index in [4.69, 9.17) is 10.5 Å². The van der Waals surface area contributed by atoms with Crippen LogP contribution in [0.2, 0.25) is 0 Å². The number of aromatic nitrogens is 1. The molecule has 3 nitrogen and oxygen atoms in total. The number of nitrogen functional groups attached to an aromatic ring is 1. The van der Waals surface area contributed by atoms with Crippen LogP contribution in [0.3, 0.4) is 0 Å². The Morgan fingerprint density at radius 3 is 3.14 bits per heavy atom. The molecule has 0 aliphatic carbocycles. The zero-order valence-corrected chi connectivity index (χ0v) is 7.66. The summed E-state index contributed by atoms with van der Waals surface area (Å²) in [5.41, 5.74) is 8.88. The average molecular weight is 186 g/mol. The Morgan fingerprint density at radius 1 is 1.29 bits per heavy atom. The van der Waals surface area contributed by atoms with Crippen molar-refractivity contribution in [2.24, 2.45) is 0 Å². The molecule has 14 heavy (non-hydrogen) atoms. The van der Waals surface area contributed by atoms with Gasteiger partial charge in [-0.2, -0.15) is 0 Å². The van der Waals surface area contributed by atoms with Gasteiger partial charge in [-0.15, -0.1) is 0 Å². The molecule has 0 amide bonds. The molecule has 2 N–H and O–H groups in total. The molecule has 2 heterocycles. The van der Waals surface area contributed by atoms with E-state index >= 15 is 0 Å². The van der Waals surface area contributed by atoms with E-state index in [1.807, 2.05) is 18.2 Å². The third kappa shape index (κ3) is 0.894. The molecule has 1 aliphatic heterocycles. The summed E-state index contributed by atoms with van der Waals surface area (Å²) in [7, 11) is 0. The van der Waals surface area contributed by atoms with Crippen LogP contribution >= 0.6 is 0 Å². The van der Waals surface area contributed by atoms with E-state index in [1.165, 1.54) is 5.56 Å². The highest BCUT2D eigenvalue weighted by Crippen LogP contribution is 2.34. The standard InChI is InChI=1S/C11H10N2O/c12-8-3-5-13-9-1-2-10-7(11(8)9)4-6-14-10/h1-3,5H,4,6H2,(H2,12,13). The Labute approximate surface area is 81.5 Å². The maximum Gasteiger partial charge on any atom is 0.123 e. The van der Waals surface area contributed by atoms with Gasteiger partial charge in [-0.05, 0) is 18.2 Å². The molecule has 0 bridgehead atoms. The van der Waals surface area contributed by atoms with Crippen LogP contribution in [-0.4, -0.2) is 11.6 Å². The number of anilines is 1. The molecule has 1 aromatic heterocycles. The minimum Gasteiger partial charge on any atom is -0.493 e. The van der Waals surface area contributed by atoms with Gasteiger partial charge in [0.25, 0.3) is 0 Å². The second-order valence-corrected chi connectivity index (χ2v) is 3.44. The van der Waals surface area contributed by atoms with Gasteiger partial charge in [0, 0.05) is 29.3 Å². The molecule has 2 aromatic rings. The third-order valence-corrected chi connectivity index (χ3v) is 2.61. The highest BCUT2D eigenvalue weighted by Gasteiger charge is 2.16. The number of hydrogen-bond donors (Lipinski definition) is 1. The summed E-state index contributed by atoms with van der Waals surface area (Å²) in [6.07, 6.45) is 2.67. The molecular weight excluding hydrogens is 176 g/mol. The lowest BCUT2D eigenvalue weighted by molar-refractivity contribution is 0.357. The minimum absolute atomic E-state index is 0.753. The maximum atomic E-state index is 5.93. The molecule has 0 radical (unpaired) electrons. The van der Waals surface area contributed by atoms with Gasteiger partial charge in [0.05, 0.1) is 12.1 Å². The topological polar surface area (TPSA) is 48.1 Å². The molecule has 1 aromatic carbocycles. The average Bonchev–Trinajstić information content (AvgIpc) is 2.65. The number of rotatable bonds is 0. The lowest BCUT2D eigenvalue weighted by Crippen LogP contribution is -1.92. The van der Waals surface area contributed by atoms with Crippen LogP contribution in [-0.2, 0) is 6.42 Å². The molecule has 0 saturated carbocycles. The van der Waals surface area contributed by atoms with Gasteiger partial charge in [0.2, 0.25) is 0 Å². The van der Waals surface area contributed by atoms with Crippen molar-refractivity contribution in [1.82, 2.24) is 4.98 Å². The molecule has 0 spiro atoms. The summed E-state index contributed by atoms with van der Waals surface area (Å²) in [4.78, 5) is 4.28. The van der Waals surface area contributed by atoms with E-state index in [-0.39, 0.29) is 0 Å². The number of nitrogens with zero attached hydrogens (tertiary/aromatic N) is 1. The molecule has 1 aliphatic rings. The number of hydrogen-bond acceptors (Lipinski definition) is 3. The van der Waals surface area contributed by atoms with Crippen LogP contribution in [0, 0.1) is 0 Å². The van der Waals surface area contributed by atoms with E-state index in [2.05, 4.69) is 4.98 Å². The number of ether oxygens (including phenoxy) is 1. The molecule has 3 rings (SSSR count). The van der Waals surface area contributed by atoms with Crippen molar-refractivity contribution in [3.8, 4) is 5.75 Å². The first kappa shape index (κ1) is 7.62. The summed E-state index contributed by atoms with van der Waals surface area (Å²) >= 11 is 0. The van der Waals surface area contributed by atoms with Crippen molar-refractivity contribution in [1.29, 1.82) is 0 Å². The van der Waals surface area contributed by atoms with Gasteiger partial charge in [0.15, 0.2) is 0 Å². The van der Waals surface area contributed by atoms with Crippen LogP contribution in [0.4, 0.5) is 5.69 Å². The van der Waals surface area contributed by atoms with Crippen LogP contribution in [0.15, 0.2) is 24.4 Å². The fraction of sp³-hybridized carbons (Fsp3) is 0.182. The normalized spacial score (nSPS) is 14.0. The van der Waals surface area contributed by atoms with Gasteiger partial charge in [-0.3, -0.25) is 4.98 Å². The summed E-state index contributed by atoms with van der Waals surface area (Å²) in [6, 6.07) is 5.76. The van der Waals surface area contributed by atoms with Gasteiger partial charge < -0.3 is 10.5 Å². The number of pyridine rings is 1. The second-order valence-electron chi connectivity index (χ2n) is 3.44. The van der Waals surface area contributed by atoms with Gasteiger partial charge >= 0.3 is 0 Å². The Bertz CT molecular complexity index is 508. The zero-order valence-electron chi connectivity index (χ0n) is 7.66. The molecule has 0 fully saturated rings. The molecular formula is C11H10N2O.